The molecule has 22 heavy (non-hydrogen) atoms. The van der Waals surface area contributed by atoms with Crippen LogP contribution in [-0.2, 0) is 11.3 Å². The molecule has 0 radical (unpaired) electrons. The molecule has 1 amide bonds. The van der Waals surface area contributed by atoms with Crippen molar-refractivity contribution in [1.29, 1.82) is 0 Å². The van der Waals surface area contributed by atoms with Crippen molar-refractivity contribution in [2.45, 2.75) is 12.6 Å². The maximum Gasteiger partial charge on any atom is 0.239 e. The molecule has 2 aromatic rings. The zero-order valence-electron chi connectivity index (χ0n) is 11.8. The van der Waals surface area contributed by atoms with E-state index in [0.717, 1.165) is 12.3 Å². The molecule has 2 rings (SSSR count). The summed E-state index contributed by atoms with van der Waals surface area (Å²) < 4.78 is 18.4. The number of carbonyl (C=O) groups excluding carboxylic acids is 1. The first kappa shape index (κ1) is 15.7. The second-order valence-corrected chi connectivity index (χ2v) is 4.87. The van der Waals surface area contributed by atoms with E-state index in [1.165, 1.54) is 23.1 Å². The molecule has 1 aromatic carbocycles. The molecule has 0 saturated carbocycles. The Morgan fingerprint density at radius 3 is 2.77 bits per heavy atom. The van der Waals surface area contributed by atoms with Gasteiger partial charge < -0.3 is 15.3 Å². The van der Waals surface area contributed by atoms with Crippen molar-refractivity contribution in [3.05, 3.63) is 64.0 Å². The van der Waals surface area contributed by atoms with E-state index in [-0.39, 0.29) is 12.3 Å². The smallest absolute Gasteiger partial charge is 0.239 e. The van der Waals surface area contributed by atoms with Crippen LogP contribution in [0.3, 0.4) is 0 Å². The number of rotatable bonds is 5. The highest BCUT2D eigenvalue weighted by atomic mass is 19.1. The molecule has 1 atom stereocenters. The first-order valence-electron chi connectivity index (χ1n) is 6.44. The van der Waals surface area contributed by atoms with E-state index in [2.05, 4.69) is 0 Å². The Morgan fingerprint density at radius 1 is 1.45 bits per heavy atom. The molecule has 0 aliphatic carbocycles. The van der Waals surface area contributed by atoms with Gasteiger partial charge in [-0.15, -0.1) is 0 Å². The topological polar surface area (TPSA) is 96.8 Å². The molecule has 116 valence electrons. The van der Waals surface area contributed by atoms with Gasteiger partial charge in [-0.1, -0.05) is 12.1 Å². The molecule has 0 aliphatic heterocycles. The summed E-state index contributed by atoms with van der Waals surface area (Å²) in [5.41, 5.74) is 5.20. The summed E-state index contributed by atoms with van der Waals surface area (Å²) in [6.45, 7) is 0.0830. The summed E-state index contributed by atoms with van der Waals surface area (Å²) in [7, 11) is 1.59. The van der Waals surface area contributed by atoms with Crippen LogP contribution in [0.1, 0.15) is 17.4 Å². The second-order valence-electron chi connectivity index (χ2n) is 4.87. The molecule has 6 nitrogen and oxygen atoms in total. The van der Waals surface area contributed by atoms with E-state index in [9.17, 15) is 14.0 Å². The molecule has 0 spiro atoms. The summed E-state index contributed by atoms with van der Waals surface area (Å²) in [6.07, 6.45) is 0.924. The average molecular weight is 306 g/mol. The summed E-state index contributed by atoms with van der Waals surface area (Å²) in [4.78, 5) is 24.6. The zero-order valence-corrected chi connectivity index (χ0v) is 11.8. The molecule has 0 fully saturated rings. The largest absolute Gasteiger partial charge is 0.502 e. The van der Waals surface area contributed by atoms with Crippen LogP contribution in [0, 0.1) is 5.82 Å². The molecule has 3 N–H and O–H groups in total. The number of hydrogen-bond donors (Lipinski definition) is 2. The predicted molar refractivity (Wildman–Crippen MR) is 76.4 cm³/mol. The monoisotopic (exact) mass is 306 g/mol. The van der Waals surface area contributed by atoms with Crippen LogP contribution in [0.25, 0.3) is 0 Å². The van der Waals surface area contributed by atoms with E-state index in [1.54, 1.807) is 13.1 Å². The van der Waals surface area contributed by atoms with Gasteiger partial charge in [-0.25, -0.2) is 4.39 Å². The molecule has 1 aromatic heterocycles. The Hall–Kier alpha value is -2.67. The number of halogens is 1. The highest BCUT2D eigenvalue weighted by Crippen LogP contribution is 2.22. The lowest BCUT2D eigenvalue weighted by Crippen LogP contribution is -2.35. The van der Waals surface area contributed by atoms with Crippen LogP contribution in [0.5, 0.6) is 5.75 Å². The van der Waals surface area contributed by atoms with Gasteiger partial charge in [-0.3, -0.25) is 14.5 Å². The number of nitrogens with two attached hydrogens (primary N) is 1. The van der Waals surface area contributed by atoms with Crippen molar-refractivity contribution in [2.24, 2.45) is 5.73 Å². The van der Waals surface area contributed by atoms with E-state index >= 15 is 0 Å². The lowest BCUT2D eigenvalue weighted by Gasteiger charge is -2.25. The third-order valence-corrected chi connectivity index (χ3v) is 3.15. The Bertz CT molecular complexity index is 744. The maximum absolute atomic E-state index is 13.3. The minimum Gasteiger partial charge on any atom is -0.502 e. The summed E-state index contributed by atoms with van der Waals surface area (Å²) in [5, 5.41) is 9.15. The van der Waals surface area contributed by atoms with Gasteiger partial charge in [0.1, 0.15) is 23.9 Å². The summed E-state index contributed by atoms with van der Waals surface area (Å²) in [5.74, 6) is -1.39. The van der Waals surface area contributed by atoms with Crippen molar-refractivity contribution in [3.8, 4) is 5.75 Å². The van der Waals surface area contributed by atoms with E-state index in [4.69, 9.17) is 15.3 Å². The fourth-order valence-electron chi connectivity index (χ4n) is 2.18. The fourth-order valence-corrected chi connectivity index (χ4v) is 2.18. The first-order chi connectivity index (χ1) is 10.4. The third-order valence-electron chi connectivity index (χ3n) is 3.15. The Kier molecular flexibility index (Phi) is 4.57. The number of aromatic hydroxyl groups is 1. The van der Waals surface area contributed by atoms with Gasteiger partial charge >= 0.3 is 0 Å². The van der Waals surface area contributed by atoms with Crippen LogP contribution in [0.15, 0.2) is 45.8 Å². The zero-order chi connectivity index (χ0) is 16.3. The van der Waals surface area contributed by atoms with Gasteiger partial charge in [-0.05, 0) is 24.7 Å². The molecule has 0 bridgehead atoms. The molecule has 1 heterocycles. The van der Waals surface area contributed by atoms with Gasteiger partial charge in [0.05, 0.1) is 6.54 Å². The lowest BCUT2D eigenvalue weighted by atomic mass is 10.0. The van der Waals surface area contributed by atoms with E-state index < -0.39 is 28.9 Å². The van der Waals surface area contributed by atoms with Crippen LogP contribution in [0.4, 0.5) is 4.39 Å². The van der Waals surface area contributed by atoms with Gasteiger partial charge in [0.2, 0.25) is 11.3 Å². The summed E-state index contributed by atoms with van der Waals surface area (Å²) >= 11 is 0. The van der Waals surface area contributed by atoms with Crippen LogP contribution in [0.2, 0.25) is 0 Å². The number of carbonyl (C=O) groups is 1. The van der Waals surface area contributed by atoms with Gasteiger partial charge in [-0.2, -0.15) is 0 Å². The molecule has 0 aliphatic rings. The summed E-state index contributed by atoms with van der Waals surface area (Å²) in [6, 6.07) is 5.79. The normalized spacial score (nSPS) is 12.3. The Labute approximate surface area is 125 Å². The highest BCUT2D eigenvalue weighted by molar-refractivity contribution is 5.81. The molecule has 0 saturated heterocycles. The fraction of sp³-hybridized carbons (Fsp3) is 0.200. The van der Waals surface area contributed by atoms with Gasteiger partial charge in [0.25, 0.3) is 0 Å². The standard InChI is InChI=1S/C15H15FN2O4/c1-18(7-11-6-12(19)13(20)8-22-11)14(15(17)21)9-3-2-4-10(16)5-9/h2-6,8,14,20H,7H2,1H3,(H2,17,21). The number of amides is 1. The van der Waals surface area contributed by atoms with Crippen LogP contribution in [-0.4, -0.2) is 23.0 Å². The van der Waals surface area contributed by atoms with Crippen LogP contribution < -0.4 is 11.2 Å². The SMILES string of the molecule is CN(Cc1cc(=O)c(O)co1)C(C(N)=O)c1cccc(F)c1. The molecular formula is C15H15FN2O4. The van der Waals surface area contributed by atoms with Crippen LogP contribution >= 0.6 is 0 Å². The molecule has 1 unspecified atom stereocenters. The van der Waals surface area contributed by atoms with Gasteiger partial charge in [0.15, 0.2) is 5.75 Å². The maximum atomic E-state index is 13.3. The lowest BCUT2D eigenvalue weighted by molar-refractivity contribution is -0.123. The van der Waals surface area contributed by atoms with E-state index in [0.29, 0.717) is 5.56 Å². The predicted octanol–water partition coefficient (Wildman–Crippen LogP) is 1.14. The molecular weight excluding hydrogens is 291 g/mol. The Morgan fingerprint density at radius 2 is 2.18 bits per heavy atom. The third kappa shape index (κ3) is 3.50. The van der Waals surface area contributed by atoms with Crippen molar-refractivity contribution in [1.82, 2.24) is 4.90 Å². The molecule has 7 heteroatoms. The first-order valence-corrected chi connectivity index (χ1v) is 6.44. The van der Waals surface area contributed by atoms with Gasteiger partial charge in [0, 0.05) is 6.07 Å². The minimum atomic E-state index is -0.880. The number of primary amides is 1. The number of nitrogens with zero attached hydrogens (tertiary/aromatic N) is 1. The highest BCUT2D eigenvalue weighted by Gasteiger charge is 2.24. The number of benzene rings is 1. The Balaban J connectivity index is 2.27. The number of likely N-dealkylation sites (N-methyl/N-ethyl adjacent to an activating group) is 1. The number of hydrogen-bond acceptors (Lipinski definition) is 5. The quantitative estimate of drug-likeness (QED) is 0.863. The second kappa shape index (κ2) is 6.40. The van der Waals surface area contributed by atoms with Crippen molar-refractivity contribution < 1.29 is 18.7 Å². The van der Waals surface area contributed by atoms with Crippen molar-refractivity contribution in [3.63, 3.8) is 0 Å². The average Bonchev–Trinajstić information content (AvgIpc) is 2.42. The van der Waals surface area contributed by atoms with Crippen molar-refractivity contribution >= 4 is 5.91 Å². The minimum absolute atomic E-state index is 0.0830. The van der Waals surface area contributed by atoms with Crippen molar-refractivity contribution in [2.75, 3.05) is 7.05 Å². The van der Waals surface area contributed by atoms with E-state index in [1.807, 2.05) is 0 Å².